The average molecular weight is 304 g/mol. The zero-order valence-corrected chi connectivity index (χ0v) is 12.6. The second-order valence-electron chi connectivity index (χ2n) is 5.07. The molecule has 1 saturated heterocycles. The number of benzene rings is 1. The molecule has 6 heteroatoms. The Morgan fingerprint density at radius 2 is 2.24 bits per heavy atom. The molecular weight excluding hydrogens is 288 g/mol. The molecule has 2 heterocycles. The van der Waals surface area contributed by atoms with Gasteiger partial charge in [-0.25, -0.2) is 9.78 Å². The highest BCUT2D eigenvalue weighted by Crippen LogP contribution is 2.24. The number of thiazole rings is 1. The van der Waals surface area contributed by atoms with E-state index in [4.69, 9.17) is 4.74 Å². The first kappa shape index (κ1) is 14.0. The summed E-state index contributed by atoms with van der Waals surface area (Å²) >= 11 is 1.50. The summed E-state index contributed by atoms with van der Waals surface area (Å²) in [4.78, 5) is 30.4. The highest BCUT2D eigenvalue weighted by Gasteiger charge is 2.33. The van der Waals surface area contributed by atoms with Crippen LogP contribution in [0.25, 0.3) is 10.2 Å². The predicted octanol–water partition coefficient (Wildman–Crippen LogP) is 2.46. The van der Waals surface area contributed by atoms with Crippen molar-refractivity contribution in [2.45, 2.75) is 25.3 Å². The Hall–Kier alpha value is -1.95. The van der Waals surface area contributed by atoms with Crippen LogP contribution in [0.2, 0.25) is 0 Å². The third-order valence-corrected chi connectivity index (χ3v) is 4.61. The standard InChI is InChI=1S/C15H16N2O3S/c1-20-15(19)12-4-2-3-7-17(12)14(18)10-5-6-11-13(8-10)21-9-16-11/h5-6,8-9,12H,2-4,7H2,1H3/t12-/m1/s1. The molecule has 1 amide bonds. The van der Waals surface area contributed by atoms with Gasteiger partial charge in [0.1, 0.15) is 6.04 Å². The van der Waals surface area contributed by atoms with E-state index in [9.17, 15) is 9.59 Å². The van der Waals surface area contributed by atoms with Crippen molar-refractivity contribution >= 4 is 33.4 Å². The first-order valence-electron chi connectivity index (χ1n) is 6.93. The number of aromatic nitrogens is 1. The van der Waals surface area contributed by atoms with Crippen LogP contribution in [0.15, 0.2) is 23.7 Å². The second-order valence-corrected chi connectivity index (χ2v) is 5.95. The van der Waals surface area contributed by atoms with Gasteiger partial charge in [0, 0.05) is 12.1 Å². The normalized spacial score (nSPS) is 18.7. The Morgan fingerprint density at radius 3 is 3.05 bits per heavy atom. The van der Waals surface area contributed by atoms with Crippen molar-refractivity contribution in [3.05, 3.63) is 29.3 Å². The van der Waals surface area contributed by atoms with E-state index in [1.807, 2.05) is 12.1 Å². The van der Waals surface area contributed by atoms with E-state index in [1.165, 1.54) is 18.4 Å². The predicted molar refractivity (Wildman–Crippen MR) is 80.3 cm³/mol. The van der Waals surface area contributed by atoms with Gasteiger partial charge >= 0.3 is 5.97 Å². The number of fused-ring (bicyclic) bond motifs is 1. The van der Waals surface area contributed by atoms with Gasteiger partial charge in [-0.1, -0.05) is 0 Å². The number of piperidine rings is 1. The van der Waals surface area contributed by atoms with E-state index < -0.39 is 6.04 Å². The second kappa shape index (κ2) is 5.81. The molecule has 110 valence electrons. The summed E-state index contributed by atoms with van der Waals surface area (Å²) in [6.45, 7) is 0.597. The largest absolute Gasteiger partial charge is 0.467 e. The molecule has 0 saturated carbocycles. The Morgan fingerprint density at radius 1 is 1.38 bits per heavy atom. The van der Waals surface area contributed by atoms with Gasteiger partial charge in [0.15, 0.2) is 0 Å². The number of rotatable bonds is 2. The summed E-state index contributed by atoms with van der Waals surface area (Å²) in [5.41, 5.74) is 3.25. The lowest BCUT2D eigenvalue weighted by Gasteiger charge is -2.33. The van der Waals surface area contributed by atoms with Crippen LogP contribution in [0, 0.1) is 0 Å². The van der Waals surface area contributed by atoms with E-state index >= 15 is 0 Å². The number of carbonyl (C=O) groups is 2. The van der Waals surface area contributed by atoms with Crippen LogP contribution >= 0.6 is 11.3 Å². The van der Waals surface area contributed by atoms with Crippen molar-refractivity contribution < 1.29 is 14.3 Å². The van der Waals surface area contributed by atoms with Crippen molar-refractivity contribution in [2.24, 2.45) is 0 Å². The quantitative estimate of drug-likeness (QED) is 0.800. The van der Waals surface area contributed by atoms with Crippen molar-refractivity contribution in [1.29, 1.82) is 0 Å². The van der Waals surface area contributed by atoms with Gasteiger partial charge in [-0.3, -0.25) is 4.79 Å². The molecule has 5 nitrogen and oxygen atoms in total. The maximum Gasteiger partial charge on any atom is 0.328 e. The SMILES string of the molecule is COC(=O)[C@H]1CCCCN1C(=O)c1ccc2ncsc2c1. The third-order valence-electron chi connectivity index (χ3n) is 3.82. The summed E-state index contributed by atoms with van der Waals surface area (Å²) in [6, 6.07) is 5.00. The van der Waals surface area contributed by atoms with Crippen LogP contribution in [-0.2, 0) is 9.53 Å². The van der Waals surface area contributed by atoms with E-state index in [0.717, 1.165) is 23.1 Å². The highest BCUT2D eigenvalue weighted by molar-refractivity contribution is 7.16. The number of methoxy groups -OCH3 is 1. The van der Waals surface area contributed by atoms with Gasteiger partial charge < -0.3 is 9.64 Å². The fraction of sp³-hybridized carbons (Fsp3) is 0.400. The summed E-state index contributed by atoms with van der Waals surface area (Å²) < 4.78 is 5.80. The first-order chi connectivity index (χ1) is 10.2. The number of hydrogen-bond donors (Lipinski definition) is 0. The Kier molecular flexibility index (Phi) is 3.88. The third kappa shape index (κ3) is 2.63. The first-order valence-corrected chi connectivity index (χ1v) is 7.80. The number of carbonyl (C=O) groups excluding carboxylic acids is 2. The minimum Gasteiger partial charge on any atom is -0.467 e. The molecule has 1 aromatic heterocycles. The van der Waals surface area contributed by atoms with Crippen LogP contribution in [-0.4, -0.2) is 41.5 Å². The zero-order valence-electron chi connectivity index (χ0n) is 11.7. The van der Waals surface area contributed by atoms with E-state index in [-0.39, 0.29) is 11.9 Å². The summed E-state index contributed by atoms with van der Waals surface area (Å²) in [6.07, 6.45) is 2.53. The lowest BCUT2D eigenvalue weighted by molar-refractivity contribution is -0.147. The Labute approximate surface area is 126 Å². The minimum absolute atomic E-state index is 0.111. The van der Waals surface area contributed by atoms with Gasteiger partial charge in [0.2, 0.25) is 0 Å². The molecular formula is C15H16N2O3S. The maximum atomic E-state index is 12.7. The van der Waals surface area contributed by atoms with Crippen LogP contribution in [0.3, 0.4) is 0 Å². The van der Waals surface area contributed by atoms with E-state index in [1.54, 1.807) is 16.5 Å². The molecule has 1 fully saturated rings. The van der Waals surface area contributed by atoms with Crippen molar-refractivity contribution in [3.63, 3.8) is 0 Å². The van der Waals surface area contributed by atoms with Gasteiger partial charge in [0.05, 0.1) is 22.8 Å². The van der Waals surface area contributed by atoms with Gasteiger partial charge in [-0.15, -0.1) is 11.3 Å². The lowest BCUT2D eigenvalue weighted by atomic mass is 10.0. The molecule has 0 aliphatic carbocycles. The average Bonchev–Trinajstić information content (AvgIpc) is 3.01. The molecule has 0 bridgehead atoms. The van der Waals surface area contributed by atoms with Crippen molar-refractivity contribution in [1.82, 2.24) is 9.88 Å². The monoisotopic (exact) mass is 304 g/mol. The summed E-state index contributed by atoms with van der Waals surface area (Å²) in [7, 11) is 1.36. The van der Waals surface area contributed by atoms with Crippen LogP contribution < -0.4 is 0 Å². The number of esters is 1. The molecule has 1 atom stereocenters. The number of ether oxygens (including phenoxy) is 1. The molecule has 1 aromatic carbocycles. The maximum absolute atomic E-state index is 12.7. The van der Waals surface area contributed by atoms with Crippen LogP contribution in [0.4, 0.5) is 0 Å². The van der Waals surface area contributed by atoms with Crippen LogP contribution in [0.1, 0.15) is 29.6 Å². The summed E-state index contributed by atoms with van der Waals surface area (Å²) in [5, 5.41) is 0. The van der Waals surface area contributed by atoms with Crippen molar-refractivity contribution in [2.75, 3.05) is 13.7 Å². The fourth-order valence-electron chi connectivity index (χ4n) is 2.71. The molecule has 3 rings (SSSR count). The zero-order chi connectivity index (χ0) is 14.8. The fourth-order valence-corrected chi connectivity index (χ4v) is 3.43. The number of amides is 1. The molecule has 1 aliphatic rings. The molecule has 1 aliphatic heterocycles. The van der Waals surface area contributed by atoms with E-state index in [2.05, 4.69) is 4.98 Å². The molecule has 0 radical (unpaired) electrons. The number of likely N-dealkylation sites (tertiary alicyclic amines) is 1. The molecule has 2 aromatic rings. The molecule has 21 heavy (non-hydrogen) atoms. The minimum atomic E-state index is -0.464. The smallest absolute Gasteiger partial charge is 0.328 e. The van der Waals surface area contributed by atoms with Crippen LogP contribution in [0.5, 0.6) is 0 Å². The summed E-state index contributed by atoms with van der Waals surface area (Å²) in [5.74, 6) is -0.442. The van der Waals surface area contributed by atoms with E-state index in [0.29, 0.717) is 18.5 Å². The Balaban J connectivity index is 1.89. The molecule has 0 spiro atoms. The number of hydrogen-bond acceptors (Lipinski definition) is 5. The Bertz CT molecular complexity index is 682. The molecule has 0 N–H and O–H groups in total. The van der Waals surface area contributed by atoms with Gasteiger partial charge in [0.25, 0.3) is 5.91 Å². The number of nitrogens with zero attached hydrogens (tertiary/aromatic N) is 2. The topological polar surface area (TPSA) is 59.5 Å². The highest BCUT2D eigenvalue weighted by atomic mass is 32.1. The van der Waals surface area contributed by atoms with Gasteiger partial charge in [-0.2, -0.15) is 0 Å². The van der Waals surface area contributed by atoms with Gasteiger partial charge in [-0.05, 0) is 37.5 Å². The lowest BCUT2D eigenvalue weighted by Crippen LogP contribution is -2.48. The van der Waals surface area contributed by atoms with Crippen molar-refractivity contribution in [3.8, 4) is 0 Å². The molecule has 0 unspecified atom stereocenters.